The van der Waals surface area contributed by atoms with Crippen LogP contribution in [-0.4, -0.2) is 104 Å². The van der Waals surface area contributed by atoms with Crippen molar-refractivity contribution in [1.82, 2.24) is 0 Å². The highest BCUT2D eigenvalue weighted by Gasteiger charge is 2.34. The third kappa shape index (κ3) is 14.0. The van der Waals surface area contributed by atoms with Gasteiger partial charge in [0.2, 0.25) is 9.84 Å². The van der Waals surface area contributed by atoms with Gasteiger partial charge < -0.3 is 4.74 Å². The van der Waals surface area contributed by atoms with Gasteiger partial charge in [-0.1, -0.05) is 47.5 Å². The van der Waals surface area contributed by atoms with E-state index in [4.69, 9.17) is 9.29 Å². The van der Waals surface area contributed by atoms with Crippen molar-refractivity contribution in [2.45, 2.75) is 66.9 Å². The molecular weight excluding hydrogens is 1200 g/mol. The summed E-state index contributed by atoms with van der Waals surface area (Å²) in [4.78, 5) is 30.4. The number of sulfone groups is 1. The van der Waals surface area contributed by atoms with Crippen LogP contribution in [0.3, 0.4) is 0 Å². The van der Waals surface area contributed by atoms with Gasteiger partial charge >= 0.3 is 0 Å². The Labute approximate surface area is 457 Å². The predicted molar refractivity (Wildman–Crippen MR) is 279 cm³/mol. The Morgan fingerprint density at radius 2 is 0.675 bits per heavy atom. The van der Waals surface area contributed by atoms with Gasteiger partial charge in [-0.2, -0.15) is 50.5 Å². The molecule has 0 heterocycles. The van der Waals surface area contributed by atoms with E-state index in [1.165, 1.54) is 24.3 Å². The molecular formula is C49H40O24S7. The lowest BCUT2D eigenvalue weighted by Crippen LogP contribution is -2.15. The third-order valence-electron chi connectivity index (χ3n) is 11.4. The first kappa shape index (κ1) is 62.0. The van der Waals surface area contributed by atoms with Crippen molar-refractivity contribution in [3.8, 4) is 11.5 Å². The van der Waals surface area contributed by atoms with Gasteiger partial charge in [0.05, 0.1) is 19.6 Å². The Bertz CT molecular complexity index is 4610. The lowest BCUT2D eigenvalue weighted by atomic mass is 9.97. The van der Waals surface area contributed by atoms with E-state index < -0.39 is 139 Å². The van der Waals surface area contributed by atoms with E-state index in [0.29, 0.717) is 47.0 Å². The molecule has 0 aliphatic rings. The molecule has 0 amide bonds. The first-order chi connectivity index (χ1) is 36.6. The lowest BCUT2D eigenvalue weighted by molar-refractivity contribution is 0.103. The molecule has 0 aromatic heterocycles. The van der Waals surface area contributed by atoms with Crippen LogP contribution in [0.5, 0.6) is 11.5 Å². The Hall–Kier alpha value is -7.24. The van der Waals surface area contributed by atoms with Crippen LogP contribution in [0.15, 0.2) is 173 Å². The molecule has 0 saturated carbocycles. The van der Waals surface area contributed by atoms with Crippen molar-refractivity contribution in [2.24, 2.45) is 0 Å². The zero-order valence-electron chi connectivity index (χ0n) is 41.1. The molecule has 7 aromatic rings. The number of benzene rings is 7. The Morgan fingerprint density at radius 1 is 0.325 bits per heavy atom. The minimum atomic E-state index is -5.44. The van der Waals surface area contributed by atoms with Crippen molar-refractivity contribution >= 4 is 87.9 Å². The Balaban J connectivity index is 0.000000261. The molecule has 0 aliphatic carbocycles. The average molecular weight is 1240 g/mol. The molecule has 0 radical (unpaired) electrons. The summed E-state index contributed by atoms with van der Waals surface area (Å²) in [5.41, 5.74) is 2.02. The minimum Gasteiger partial charge on any atom is -0.454 e. The van der Waals surface area contributed by atoms with Crippen molar-refractivity contribution in [3.63, 3.8) is 0 Å². The molecule has 7 rings (SSSR count). The molecule has 0 aliphatic heterocycles. The van der Waals surface area contributed by atoms with Gasteiger partial charge in [0.1, 0.15) is 31.1 Å². The maximum absolute atomic E-state index is 13.3. The van der Waals surface area contributed by atoms with Crippen LogP contribution in [0.25, 0.3) is 0 Å². The van der Waals surface area contributed by atoms with Crippen LogP contribution in [0.2, 0.25) is 0 Å². The number of hydrogen-bond donors (Lipinski definition) is 6. The van der Waals surface area contributed by atoms with Gasteiger partial charge in [-0.25, -0.2) is 8.42 Å². The molecule has 0 saturated heterocycles. The lowest BCUT2D eigenvalue weighted by Gasteiger charge is -2.14. The van der Waals surface area contributed by atoms with Gasteiger partial charge in [-0.15, -0.1) is 0 Å². The van der Waals surface area contributed by atoms with Gasteiger partial charge in [0.25, 0.3) is 60.7 Å². The van der Waals surface area contributed by atoms with Crippen LogP contribution < -0.4 is 4.74 Å². The molecule has 0 unspecified atom stereocenters. The van der Waals surface area contributed by atoms with Crippen molar-refractivity contribution < 1.29 is 105 Å². The van der Waals surface area contributed by atoms with Crippen LogP contribution in [0.4, 0.5) is 0 Å². The minimum absolute atomic E-state index is 0.128. The maximum atomic E-state index is 13.3. The number of carbonyl (C=O) groups is 3. The summed E-state index contributed by atoms with van der Waals surface area (Å²) >= 11 is 0. The second kappa shape index (κ2) is 22.4. The summed E-state index contributed by atoms with van der Waals surface area (Å²) in [5.74, 6) is -3.41. The summed E-state index contributed by atoms with van der Waals surface area (Å²) in [6, 6.07) is 23.2. The SMILES string of the molecule is Cc1ccc(C)c(C(=O)c2ccc(Oc3ccc(C(=O)c4cccc(S(=O)(=O)O)c4)cc3S(=O)(=O)O)c(S(=O)(=O)O)c2)c1.Cc1ccc(C)c(C(=O)c2ccc(S(=O)(=O)c3ccc(S(=O)(=O)O)cc3S(=O)(=O)O)c(S(=O)(=O)O)c2)c1. The van der Waals surface area contributed by atoms with Gasteiger partial charge in [0.15, 0.2) is 17.3 Å². The first-order valence-electron chi connectivity index (χ1n) is 21.8. The smallest absolute Gasteiger partial charge is 0.298 e. The average Bonchev–Trinajstić information content (AvgIpc) is 3.35. The molecule has 0 bridgehead atoms. The zero-order valence-corrected chi connectivity index (χ0v) is 46.8. The second-order valence-electron chi connectivity index (χ2n) is 17.2. The van der Waals surface area contributed by atoms with Crippen LogP contribution in [0, 0.1) is 27.7 Å². The Morgan fingerprint density at radius 3 is 1.09 bits per heavy atom. The van der Waals surface area contributed by atoms with Crippen LogP contribution in [0.1, 0.15) is 70.0 Å². The van der Waals surface area contributed by atoms with Crippen molar-refractivity contribution in [3.05, 3.63) is 189 Å². The summed E-state index contributed by atoms with van der Waals surface area (Å²) in [7, 11) is -35.9. The number of carbonyl (C=O) groups excluding carboxylic acids is 3. The maximum Gasteiger partial charge on any atom is 0.298 e. The highest BCUT2D eigenvalue weighted by atomic mass is 32.2. The summed E-state index contributed by atoms with van der Waals surface area (Å²) in [6.45, 7) is 6.77. The van der Waals surface area contributed by atoms with Gasteiger partial charge in [-0.3, -0.25) is 41.7 Å². The number of ether oxygens (including phenoxy) is 1. The van der Waals surface area contributed by atoms with E-state index in [2.05, 4.69) is 0 Å². The molecule has 0 atom stereocenters. The molecule has 0 spiro atoms. The molecule has 7 aromatic carbocycles. The molecule has 6 N–H and O–H groups in total. The number of rotatable bonds is 16. The van der Waals surface area contributed by atoms with E-state index in [9.17, 15) is 96.1 Å². The highest BCUT2D eigenvalue weighted by molar-refractivity contribution is 7.94. The van der Waals surface area contributed by atoms with Gasteiger partial charge in [0, 0.05) is 33.4 Å². The van der Waals surface area contributed by atoms with E-state index in [1.807, 2.05) is 0 Å². The standard InChI is InChI=1S/C28H22O12S3.C21H18O12S4/c1-16-6-7-17(2)22(12-16)28(30)20-9-11-24(26(15-20)43(37,38)39)40-23-10-8-19(14-25(23)42(34,35)36)27(29)18-4-3-5-21(13-18)41(31,32)33;1-12-3-4-13(2)16(9-12)21(22)14-5-7-17(19(10-14)36(28,29)30)34(23,24)18-8-6-15(35(25,26)27)11-20(18)37(31,32)33/h3-15H,1-2H3,(H,31,32,33)(H,34,35,36)(H,37,38,39);3-11H,1-2H3,(H,25,26,27)(H,28,29,30)(H,31,32,33). The number of hydrogen-bond acceptors (Lipinski definition) is 18. The number of aryl methyl sites for hydroxylation is 4. The summed E-state index contributed by atoms with van der Waals surface area (Å²) in [5, 5.41) is 0. The van der Waals surface area contributed by atoms with Crippen molar-refractivity contribution in [2.75, 3.05) is 0 Å². The van der Waals surface area contributed by atoms with E-state index in [0.717, 1.165) is 48.0 Å². The molecule has 80 heavy (non-hydrogen) atoms. The summed E-state index contributed by atoms with van der Waals surface area (Å²) < 4.78 is 232. The molecule has 24 nitrogen and oxygen atoms in total. The fourth-order valence-corrected chi connectivity index (χ4v) is 13.7. The highest BCUT2D eigenvalue weighted by Crippen LogP contribution is 2.37. The van der Waals surface area contributed by atoms with Gasteiger partial charge in [-0.05, 0) is 136 Å². The topological polar surface area (TPSA) is 421 Å². The fraction of sp³-hybridized carbons (Fsp3) is 0.0816. The Kier molecular flexibility index (Phi) is 17.3. The third-order valence-corrected chi connectivity index (χ3v) is 18.8. The van der Waals surface area contributed by atoms with E-state index >= 15 is 0 Å². The largest absolute Gasteiger partial charge is 0.454 e. The molecule has 422 valence electrons. The van der Waals surface area contributed by atoms with E-state index in [-0.39, 0.29) is 39.4 Å². The van der Waals surface area contributed by atoms with E-state index in [1.54, 1.807) is 58.0 Å². The first-order valence-corrected chi connectivity index (χ1v) is 32.0. The fourth-order valence-electron chi connectivity index (χ4n) is 7.49. The predicted octanol–water partition coefficient (Wildman–Crippen LogP) is 6.41. The monoisotopic (exact) mass is 1240 g/mol. The van der Waals surface area contributed by atoms with Crippen molar-refractivity contribution in [1.29, 1.82) is 0 Å². The quantitative estimate of drug-likeness (QED) is 0.0450. The second-order valence-corrected chi connectivity index (χ2v) is 27.5. The van der Waals surface area contributed by atoms with Crippen LogP contribution >= 0.6 is 0 Å². The van der Waals surface area contributed by atoms with Crippen LogP contribution in [-0.2, 0) is 70.5 Å². The zero-order chi connectivity index (χ0) is 60.0. The molecule has 31 heteroatoms. The number of ketones is 3. The normalized spacial score (nSPS) is 12.5. The summed E-state index contributed by atoms with van der Waals surface area (Å²) in [6.07, 6.45) is 0. The molecule has 0 fully saturated rings.